The Labute approximate surface area is 145 Å². The summed E-state index contributed by atoms with van der Waals surface area (Å²) in [6.45, 7) is 4.31. The number of hydrogen-bond acceptors (Lipinski definition) is 4. The minimum absolute atomic E-state index is 0.460. The molecule has 5 heteroatoms. The van der Waals surface area contributed by atoms with Gasteiger partial charge in [0.15, 0.2) is 11.5 Å². The molecule has 0 aliphatic carbocycles. The molecule has 0 amide bonds. The van der Waals surface area contributed by atoms with Crippen molar-refractivity contribution >= 4 is 15.9 Å². The first-order valence-corrected chi connectivity index (χ1v) is 8.43. The minimum atomic E-state index is 0.460. The fourth-order valence-corrected chi connectivity index (χ4v) is 2.36. The van der Waals surface area contributed by atoms with E-state index in [0.717, 1.165) is 33.8 Å². The van der Waals surface area contributed by atoms with Gasteiger partial charge in [-0.05, 0) is 55.9 Å². The molecule has 0 heterocycles. The summed E-state index contributed by atoms with van der Waals surface area (Å²) in [5, 5.41) is 3.13. The second-order valence-electron chi connectivity index (χ2n) is 4.90. The van der Waals surface area contributed by atoms with Crippen molar-refractivity contribution in [1.29, 1.82) is 0 Å². The van der Waals surface area contributed by atoms with Crippen LogP contribution in [0.2, 0.25) is 0 Å². The van der Waals surface area contributed by atoms with Crippen LogP contribution in [-0.4, -0.2) is 26.9 Å². The number of rotatable bonds is 9. The number of ether oxygens (including phenoxy) is 3. The van der Waals surface area contributed by atoms with Crippen LogP contribution < -0.4 is 19.5 Å². The summed E-state index contributed by atoms with van der Waals surface area (Å²) in [6, 6.07) is 13.7. The lowest BCUT2D eigenvalue weighted by Crippen LogP contribution is -2.10. The molecule has 0 fully saturated rings. The number of hydrogen-bond donors (Lipinski definition) is 1. The average molecular weight is 380 g/mol. The van der Waals surface area contributed by atoms with Crippen molar-refractivity contribution in [3.63, 3.8) is 0 Å². The monoisotopic (exact) mass is 379 g/mol. The van der Waals surface area contributed by atoms with Gasteiger partial charge < -0.3 is 19.5 Å². The van der Waals surface area contributed by atoms with Crippen LogP contribution in [0, 0.1) is 0 Å². The van der Waals surface area contributed by atoms with E-state index in [0.29, 0.717) is 19.8 Å². The first-order chi connectivity index (χ1) is 11.2. The maximum atomic E-state index is 5.79. The summed E-state index contributed by atoms with van der Waals surface area (Å²) in [4.78, 5) is 0. The zero-order valence-corrected chi connectivity index (χ0v) is 15.1. The first-order valence-electron chi connectivity index (χ1n) is 7.64. The fourth-order valence-electron chi connectivity index (χ4n) is 2.10. The van der Waals surface area contributed by atoms with E-state index >= 15 is 0 Å². The average Bonchev–Trinajstić information content (AvgIpc) is 2.55. The van der Waals surface area contributed by atoms with E-state index in [1.807, 2.05) is 56.4 Å². The molecule has 0 aliphatic heterocycles. The Morgan fingerprint density at radius 2 is 1.65 bits per heavy atom. The summed E-state index contributed by atoms with van der Waals surface area (Å²) in [5.41, 5.74) is 1.16. The van der Waals surface area contributed by atoms with Gasteiger partial charge in [0, 0.05) is 11.0 Å². The van der Waals surface area contributed by atoms with Crippen molar-refractivity contribution in [3.05, 3.63) is 52.5 Å². The van der Waals surface area contributed by atoms with Crippen LogP contribution in [0.1, 0.15) is 12.5 Å². The maximum absolute atomic E-state index is 5.79. The van der Waals surface area contributed by atoms with Gasteiger partial charge in [0.25, 0.3) is 0 Å². The van der Waals surface area contributed by atoms with E-state index in [9.17, 15) is 0 Å². The van der Waals surface area contributed by atoms with Gasteiger partial charge in [0.1, 0.15) is 19.0 Å². The van der Waals surface area contributed by atoms with E-state index in [4.69, 9.17) is 14.2 Å². The largest absolute Gasteiger partial charge is 0.490 e. The molecule has 0 saturated carbocycles. The van der Waals surface area contributed by atoms with Crippen LogP contribution in [0.25, 0.3) is 0 Å². The predicted octanol–water partition coefficient (Wildman–Crippen LogP) is 4.03. The Kier molecular flexibility index (Phi) is 7.23. The predicted molar refractivity (Wildman–Crippen MR) is 95.5 cm³/mol. The van der Waals surface area contributed by atoms with Gasteiger partial charge in [-0.1, -0.05) is 22.0 Å². The molecule has 0 aliphatic rings. The number of benzene rings is 2. The smallest absolute Gasteiger partial charge is 0.161 e. The third-order valence-corrected chi connectivity index (χ3v) is 3.64. The van der Waals surface area contributed by atoms with Gasteiger partial charge in [-0.3, -0.25) is 0 Å². The lowest BCUT2D eigenvalue weighted by molar-refractivity contribution is 0.208. The Bertz CT molecular complexity index is 602. The molecule has 0 spiro atoms. The van der Waals surface area contributed by atoms with Crippen molar-refractivity contribution in [2.45, 2.75) is 13.5 Å². The first kappa shape index (κ1) is 17.6. The van der Waals surface area contributed by atoms with E-state index in [1.54, 1.807) is 0 Å². The van der Waals surface area contributed by atoms with Crippen LogP contribution >= 0.6 is 15.9 Å². The number of nitrogens with one attached hydrogen (secondary N) is 1. The Morgan fingerprint density at radius 1 is 0.913 bits per heavy atom. The van der Waals surface area contributed by atoms with Crippen LogP contribution in [0.4, 0.5) is 0 Å². The zero-order chi connectivity index (χ0) is 16.5. The van der Waals surface area contributed by atoms with Crippen molar-refractivity contribution in [2.75, 3.05) is 26.9 Å². The highest BCUT2D eigenvalue weighted by atomic mass is 79.9. The standard InChI is InChI=1S/C18H22BrNO3/c1-3-21-18-12-14(13-20-2)4-9-17(18)23-11-10-22-16-7-5-15(19)6-8-16/h4-9,12,20H,3,10-11,13H2,1-2H3. The summed E-state index contributed by atoms with van der Waals surface area (Å²) in [6.07, 6.45) is 0. The summed E-state index contributed by atoms with van der Waals surface area (Å²) in [5.74, 6) is 2.33. The van der Waals surface area contributed by atoms with Crippen LogP contribution in [0.3, 0.4) is 0 Å². The molecular weight excluding hydrogens is 358 g/mol. The summed E-state index contributed by atoms with van der Waals surface area (Å²) < 4.78 is 18.1. The van der Waals surface area contributed by atoms with Gasteiger partial charge in [0.05, 0.1) is 6.61 Å². The molecule has 0 saturated heterocycles. The lowest BCUT2D eigenvalue weighted by atomic mass is 10.2. The molecule has 2 aromatic carbocycles. The van der Waals surface area contributed by atoms with Gasteiger partial charge in [-0.15, -0.1) is 0 Å². The minimum Gasteiger partial charge on any atom is -0.490 e. The Hall–Kier alpha value is -1.72. The SMILES string of the molecule is CCOc1cc(CNC)ccc1OCCOc1ccc(Br)cc1. The molecule has 0 unspecified atom stereocenters. The van der Waals surface area contributed by atoms with Gasteiger partial charge >= 0.3 is 0 Å². The van der Waals surface area contributed by atoms with Gasteiger partial charge in [-0.25, -0.2) is 0 Å². The molecule has 23 heavy (non-hydrogen) atoms. The molecule has 1 N–H and O–H groups in total. The summed E-state index contributed by atoms with van der Waals surface area (Å²) in [7, 11) is 1.92. The van der Waals surface area contributed by atoms with Crippen LogP contribution in [0.15, 0.2) is 46.9 Å². The van der Waals surface area contributed by atoms with E-state index in [1.165, 1.54) is 0 Å². The van der Waals surface area contributed by atoms with Crippen molar-refractivity contribution < 1.29 is 14.2 Å². The maximum Gasteiger partial charge on any atom is 0.161 e. The molecule has 2 aromatic rings. The molecule has 2 rings (SSSR count). The van der Waals surface area contributed by atoms with E-state index < -0.39 is 0 Å². The molecule has 0 bridgehead atoms. The zero-order valence-electron chi connectivity index (χ0n) is 13.5. The highest BCUT2D eigenvalue weighted by molar-refractivity contribution is 9.10. The van der Waals surface area contributed by atoms with E-state index in [2.05, 4.69) is 21.2 Å². The molecule has 0 radical (unpaired) electrons. The third kappa shape index (κ3) is 5.77. The van der Waals surface area contributed by atoms with Gasteiger partial charge in [0.2, 0.25) is 0 Å². The molecule has 0 atom stereocenters. The molecule has 124 valence electrons. The Balaban J connectivity index is 1.87. The molecule has 4 nitrogen and oxygen atoms in total. The van der Waals surface area contributed by atoms with Crippen molar-refractivity contribution in [1.82, 2.24) is 5.32 Å². The molecular formula is C18H22BrNO3. The highest BCUT2D eigenvalue weighted by Crippen LogP contribution is 2.28. The van der Waals surface area contributed by atoms with E-state index in [-0.39, 0.29) is 0 Å². The quantitative estimate of drug-likeness (QED) is 0.667. The second kappa shape index (κ2) is 9.43. The van der Waals surface area contributed by atoms with Crippen LogP contribution in [0.5, 0.6) is 17.2 Å². The number of halogens is 1. The second-order valence-corrected chi connectivity index (χ2v) is 5.81. The molecule has 0 aromatic heterocycles. The Morgan fingerprint density at radius 3 is 2.35 bits per heavy atom. The fraction of sp³-hybridized carbons (Fsp3) is 0.333. The van der Waals surface area contributed by atoms with Crippen molar-refractivity contribution in [2.24, 2.45) is 0 Å². The van der Waals surface area contributed by atoms with Gasteiger partial charge in [-0.2, -0.15) is 0 Å². The summed E-state index contributed by atoms with van der Waals surface area (Å²) >= 11 is 3.40. The highest BCUT2D eigenvalue weighted by Gasteiger charge is 2.06. The normalized spacial score (nSPS) is 10.4. The van der Waals surface area contributed by atoms with Crippen LogP contribution in [-0.2, 0) is 6.54 Å². The lowest BCUT2D eigenvalue weighted by Gasteiger charge is -2.14. The topological polar surface area (TPSA) is 39.7 Å². The third-order valence-electron chi connectivity index (χ3n) is 3.11. The van der Waals surface area contributed by atoms with Crippen molar-refractivity contribution in [3.8, 4) is 17.2 Å².